The molecule has 0 amide bonds. The fraction of sp³-hybridized carbons (Fsp3) is 0.462. The van der Waals surface area contributed by atoms with E-state index in [-0.39, 0.29) is 5.56 Å². The average Bonchev–Trinajstić information content (AvgIpc) is 2.77. The van der Waals surface area contributed by atoms with E-state index < -0.39 is 16.8 Å². The maximum Gasteiger partial charge on any atom is 0.321 e. The second kappa shape index (κ2) is 5.78. The van der Waals surface area contributed by atoms with Gasteiger partial charge in [-0.1, -0.05) is 0 Å². The largest absolute Gasteiger partial charge is 0.480 e. The molecule has 2 aromatic heterocycles. The molecular weight excluding hydrogens is 310 g/mol. The smallest absolute Gasteiger partial charge is 0.321 e. The quantitative estimate of drug-likeness (QED) is 0.863. The van der Waals surface area contributed by atoms with E-state index in [0.29, 0.717) is 16.4 Å². The van der Waals surface area contributed by atoms with Crippen LogP contribution in [-0.2, 0) is 10.5 Å². The Bertz CT molecular complexity index is 736. The lowest BCUT2D eigenvalue weighted by atomic mass is 10.1. The molecule has 0 spiro atoms. The van der Waals surface area contributed by atoms with Crippen molar-refractivity contribution >= 4 is 34.0 Å². The van der Waals surface area contributed by atoms with Crippen LogP contribution in [0.2, 0.25) is 0 Å². The van der Waals surface area contributed by atoms with Crippen molar-refractivity contribution in [2.45, 2.75) is 37.3 Å². The van der Waals surface area contributed by atoms with Crippen molar-refractivity contribution in [1.29, 1.82) is 0 Å². The summed E-state index contributed by atoms with van der Waals surface area (Å²) in [5.41, 5.74) is 7.06. The number of thiazole rings is 1. The van der Waals surface area contributed by atoms with Gasteiger partial charge in [-0.05, 0) is 20.8 Å². The fourth-order valence-electron chi connectivity index (χ4n) is 1.82. The van der Waals surface area contributed by atoms with Gasteiger partial charge in [0.1, 0.15) is 6.04 Å². The Labute approximate surface area is 130 Å². The molecule has 0 aliphatic rings. The van der Waals surface area contributed by atoms with Gasteiger partial charge in [-0.25, -0.2) is 4.98 Å². The van der Waals surface area contributed by atoms with Crippen molar-refractivity contribution < 1.29 is 9.90 Å². The van der Waals surface area contributed by atoms with E-state index in [0.717, 1.165) is 5.69 Å². The number of carboxylic acids is 1. The van der Waals surface area contributed by atoms with Gasteiger partial charge in [0.15, 0.2) is 4.96 Å². The lowest BCUT2D eigenvalue weighted by Gasteiger charge is -2.27. The maximum atomic E-state index is 12.0. The molecule has 0 saturated heterocycles. The van der Waals surface area contributed by atoms with Crippen LogP contribution in [0.25, 0.3) is 4.96 Å². The molecule has 21 heavy (non-hydrogen) atoms. The molecule has 2 heterocycles. The number of nitrogens with zero attached hydrogens (tertiary/aromatic N) is 2. The number of thioether (sulfide) groups is 1. The topological polar surface area (TPSA) is 97.7 Å². The molecule has 0 saturated carbocycles. The van der Waals surface area contributed by atoms with Gasteiger partial charge in [0.2, 0.25) is 0 Å². The molecule has 2 rings (SSSR count). The maximum absolute atomic E-state index is 12.0. The van der Waals surface area contributed by atoms with Crippen molar-refractivity contribution in [1.82, 2.24) is 9.38 Å². The van der Waals surface area contributed by atoms with Gasteiger partial charge in [-0.15, -0.1) is 23.1 Å². The minimum Gasteiger partial charge on any atom is -0.480 e. The minimum absolute atomic E-state index is 0.116. The van der Waals surface area contributed by atoms with Crippen molar-refractivity contribution in [3.8, 4) is 0 Å². The number of rotatable bonds is 5. The number of hydrogen-bond acceptors (Lipinski definition) is 6. The Kier molecular flexibility index (Phi) is 4.40. The van der Waals surface area contributed by atoms with Gasteiger partial charge in [0.25, 0.3) is 5.56 Å². The van der Waals surface area contributed by atoms with Crippen molar-refractivity contribution in [3.05, 3.63) is 33.2 Å². The first-order chi connectivity index (χ1) is 9.72. The third kappa shape index (κ3) is 3.28. The highest BCUT2D eigenvalue weighted by Crippen LogP contribution is 2.30. The number of nitrogens with two attached hydrogens (primary N) is 1. The van der Waals surface area contributed by atoms with E-state index in [1.165, 1.54) is 29.2 Å². The Hall–Kier alpha value is -1.38. The summed E-state index contributed by atoms with van der Waals surface area (Å²) in [4.78, 5) is 28.1. The van der Waals surface area contributed by atoms with Crippen LogP contribution in [0.15, 0.2) is 16.2 Å². The molecule has 114 valence electrons. The van der Waals surface area contributed by atoms with E-state index in [9.17, 15) is 9.59 Å². The summed E-state index contributed by atoms with van der Waals surface area (Å²) >= 11 is 2.79. The first-order valence-electron chi connectivity index (χ1n) is 6.31. The number of carbonyl (C=O) groups is 1. The molecule has 0 aliphatic heterocycles. The van der Waals surface area contributed by atoms with Gasteiger partial charge in [-0.2, -0.15) is 0 Å². The van der Waals surface area contributed by atoms with E-state index in [1.807, 2.05) is 12.3 Å². The summed E-state index contributed by atoms with van der Waals surface area (Å²) in [6, 6.07) is 0.513. The predicted octanol–water partition coefficient (Wildman–Crippen LogP) is 1.49. The number of aliphatic carboxylic acids is 1. The van der Waals surface area contributed by atoms with Crippen LogP contribution in [0, 0.1) is 6.92 Å². The molecule has 0 bridgehead atoms. The van der Waals surface area contributed by atoms with E-state index in [1.54, 1.807) is 18.2 Å². The summed E-state index contributed by atoms with van der Waals surface area (Å²) in [7, 11) is 0. The van der Waals surface area contributed by atoms with E-state index >= 15 is 0 Å². The highest BCUT2D eigenvalue weighted by atomic mass is 32.2. The third-order valence-electron chi connectivity index (χ3n) is 3.24. The molecule has 0 radical (unpaired) electrons. The van der Waals surface area contributed by atoms with Crippen LogP contribution in [0.4, 0.5) is 0 Å². The van der Waals surface area contributed by atoms with Crippen LogP contribution in [0.5, 0.6) is 0 Å². The Balaban J connectivity index is 2.21. The molecule has 1 atom stereocenters. The Morgan fingerprint density at radius 2 is 2.29 bits per heavy atom. The monoisotopic (exact) mass is 327 g/mol. The molecule has 3 N–H and O–H groups in total. The van der Waals surface area contributed by atoms with Gasteiger partial charge in [0.05, 0.1) is 5.69 Å². The van der Waals surface area contributed by atoms with Crippen LogP contribution in [0.3, 0.4) is 0 Å². The lowest BCUT2D eigenvalue weighted by molar-refractivity contribution is -0.139. The number of aromatic nitrogens is 2. The summed E-state index contributed by atoms with van der Waals surface area (Å²) in [6.07, 6.45) is 0. The van der Waals surface area contributed by atoms with Crippen LogP contribution in [-0.4, -0.2) is 31.2 Å². The molecule has 0 fully saturated rings. The van der Waals surface area contributed by atoms with Gasteiger partial charge in [0, 0.05) is 27.6 Å². The van der Waals surface area contributed by atoms with E-state index in [4.69, 9.17) is 10.8 Å². The zero-order chi connectivity index (χ0) is 15.8. The number of hydrogen-bond donors (Lipinski definition) is 2. The zero-order valence-corrected chi connectivity index (χ0v) is 13.6. The molecule has 0 aromatic carbocycles. The molecule has 0 unspecified atom stereocenters. The minimum atomic E-state index is -1.04. The Morgan fingerprint density at radius 1 is 1.62 bits per heavy atom. The summed E-state index contributed by atoms with van der Waals surface area (Å²) in [6.45, 7) is 5.41. The number of fused-ring (bicyclic) bond motifs is 1. The highest BCUT2D eigenvalue weighted by molar-refractivity contribution is 7.99. The molecule has 8 heteroatoms. The first kappa shape index (κ1) is 16.0. The highest BCUT2D eigenvalue weighted by Gasteiger charge is 2.32. The van der Waals surface area contributed by atoms with Crippen molar-refractivity contribution in [3.63, 3.8) is 0 Å². The average molecular weight is 327 g/mol. The summed E-state index contributed by atoms with van der Waals surface area (Å²) in [5.74, 6) is -0.596. The fourth-order valence-corrected chi connectivity index (χ4v) is 3.66. The van der Waals surface area contributed by atoms with Crippen molar-refractivity contribution in [2.24, 2.45) is 5.73 Å². The predicted molar refractivity (Wildman–Crippen MR) is 85.1 cm³/mol. The van der Waals surface area contributed by atoms with Gasteiger partial charge >= 0.3 is 5.97 Å². The molecule has 2 aromatic rings. The SMILES string of the molecule is Cc1csc2nc(CSC(C)(C)[C@@H](N)C(=O)O)cc(=O)n12. The van der Waals surface area contributed by atoms with E-state index in [2.05, 4.69) is 4.98 Å². The first-order valence-corrected chi connectivity index (χ1v) is 8.18. The standard InChI is InChI=1S/C13H17N3O3S2/c1-7-5-20-12-15-8(4-9(17)16(7)12)6-21-13(2,3)10(14)11(18)19/h4-5,10H,6,14H2,1-3H3,(H,18,19)/t10-/m0/s1. The second-order valence-electron chi connectivity index (χ2n) is 5.29. The zero-order valence-electron chi connectivity index (χ0n) is 12.0. The third-order valence-corrected chi connectivity index (χ3v) is 5.62. The Morgan fingerprint density at radius 3 is 2.90 bits per heavy atom. The normalized spacial score (nSPS) is 13.5. The number of aryl methyl sites for hydroxylation is 1. The second-order valence-corrected chi connectivity index (χ2v) is 7.75. The van der Waals surface area contributed by atoms with Gasteiger partial charge in [-0.3, -0.25) is 14.0 Å². The molecular formula is C13H17N3O3S2. The summed E-state index contributed by atoms with van der Waals surface area (Å²) < 4.78 is 0.914. The lowest BCUT2D eigenvalue weighted by Crippen LogP contribution is -2.46. The molecule has 0 aliphatic carbocycles. The molecule has 6 nitrogen and oxygen atoms in total. The van der Waals surface area contributed by atoms with Crippen LogP contribution >= 0.6 is 23.1 Å². The van der Waals surface area contributed by atoms with Crippen molar-refractivity contribution in [2.75, 3.05) is 0 Å². The van der Waals surface area contributed by atoms with Crippen LogP contribution < -0.4 is 11.3 Å². The summed E-state index contributed by atoms with van der Waals surface area (Å²) in [5, 5.41) is 10.9. The van der Waals surface area contributed by atoms with Crippen LogP contribution in [0.1, 0.15) is 25.2 Å². The van der Waals surface area contributed by atoms with Gasteiger partial charge < -0.3 is 10.8 Å². The number of carboxylic acid groups (broad SMARTS) is 1.